The highest BCUT2D eigenvalue weighted by atomic mass is 32.1. The first-order valence-electron chi connectivity index (χ1n) is 11.2. The largest absolute Gasteiger partial charge is 0.474 e. The Hall–Kier alpha value is -2.76. The van der Waals surface area contributed by atoms with Gasteiger partial charge < -0.3 is 20.3 Å². The van der Waals surface area contributed by atoms with Gasteiger partial charge in [0.05, 0.1) is 10.5 Å². The first-order chi connectivity index (χ1) is 16.3. The second kappa shape index (κ2) is 9.36. The molecule has 188 valence electrons. The van der Waals surface area contributed by atoms with E-state index in [4.69, 9.17) is 4.74 Å². The molecule has 2 aromatic heterocycles. The van der Waals surface area contributed by atoms with Gasteiger partial charge in [-0.25, -0.2) is 9.97 Å². The van der Waals surface area contributed by atoms with E-state index >= 15 is 0 Å². The van der Waals surface area contributed by atoms with Crippen molar-refractivity contribution in [2.45, 2.75) is 69.9 Å². The van der Waals surface area contributed by atoms with E-state index in [9.17, 15) is 23.4 Å². The van der Waals surface area contributed by atoms with Crippen molar-refractivity contribution < 1.29 is 28.1 Å². The first kappa shape index (κ1) is 25.3. The predicted molar refractivity (Wildman–Crippen MR) is 127 cm³/mol. The summed E-state index contributed by atoms with van der Waals surface area (Å²) in [4.78, 5) is 13.0. The van der Waals surface area contributed by atoms with Crippen LogP contribution in [0.5, 0.6) is 5.88 Å². The van der Waals surface area contributed by atoms with Gasteiger partial charge in [0.1, 0.15) is 11.1 Å². The van der Waals surface area contributed by atoms with E-state index < -0.39 is 22.4 Å². The van der Waals surface area contributed by atoms with Crippen molar-refractivity contribution in [3.8, 4) is 16.3 Å². The third-order valence-corrected chi connectivity index (χ3v) is 7.28. The highest BCUT2D eigenvalue weighted by Gasteiger charge is 2.53. The summed E-state index contributed by atoms with van der Waals surface area (Å²) < 4.78 is 45.5. The van der Waals surface area contributed by atoms with Crippen LogP contribution >= 0.6 is 11.3 Å². The lowest BCUT2D eigenvalue weighted by atomic mass is 9.85. The number of hydrogen-bond donors (Lipinski definition) is 3. The number of nitrogens with zero attached hydrogens (tertiary/aromatic N) is 3. The molecule has 0 saturated heterocycles. The molecule has 0 aliphatic heterocycles. The number of alkyl halides is 3. The van der Waals surface area contributed by atoms with Crippen LogP contribution in [-0.4, -0.2) is 43.0 Å². The summed E-state index contributed by atoms with van der Waals surface area (Å²) in [6.07, 6.45) is 0.840. The Labute approximate surface area is 205 Å². The van der Waals surface area contributed by atoms with Gasteiger partial charge in [-0.3, -0.25) is 0 Å². The zero-order valence-electron chi connectivity index (χ0n) is 19.6. The predicted octanol–water partition coefficient (Wildman–Crippen LogP) is 5.49. The van der Waals surface area contributed by atoms with Crippen LogP contribution in [0.15, 0.2) is 36.7 Å². The number of rotatable bonds is 6. The Morgan fingerprint density at radius 3 is 2.57 bits per heavy atom. The maximum absolute atomic E-state index is 13.2. The molecule has 0 bridgehead atoms. The van der Waals surface area contributed by atoms with Crippen molar-refractivity contribution in [2.24, 2.45) is 0 Å². The normalized spacial score (nSPS) is 22.5. The Morgan fingerprint density at radius 2 is 1.89 bits per heavy atom. The van der Waals surface area contributed by atoms with Gasteiger partial charge in [-0.05, 0) is 69.7 Å². The molecule has 1 unspecified atom stereocenters. The number of halogens is 3. The number of aliphatic hydroxyl groups is 2. The quantitative estimate of drug-likeness (QED) is 0.405. The Bertz CT molecular complexity index is 1190. The number of aromatic nitrogens is 3. The first-order valence-corrected chi connectivity index (χ1v) is 12.0. The van der Waals surface area contributed by atoms with E-state index in [0.717, 1.165) is 29.7 Å². The molecule has 35 heavy (non-hydrogen) atoms. The number of benzene rings is 1. The van der Waals surface area contributed by atoms with Crippen LogP contribution in [0.1, 0.15) is 50.1 Å². The Morgan fingerprint density at radius 1 is 1.17 bits per heavy atom. The van der Waals surface area contributed by atoms with E-state index in [0.29, 0.717) is 47.7 Å². The lowest BCUT2D eigenvalue weighted by Gasteiger charge is -2.32. The topological polar surface area (TPSA) is 100 Å². The summed E-state index contributed by atoms with van der Waals surface area (Å²) in [5.41, 5.74) is -1.52. The van der Waals surface area contributed by atoms with E-state index in [1.807, 2.05) is 26.0 Å². The summed E-state index contributed by atoms with van der Waals surface area (Å²) in [5.74, 6) is 0.732. The molecule has 0 radical (unpaired) electrons. The van der Waals surface area contributed by atoms with Gasteiger partial charge in [0.2, 0.25) is 17.4 Å². The molecule has 0 amide bonds. The lowest BCUT2D eigenvalue weighted by Crippen LogP contribution is -2.39. The maximum Gasteiger partial charge on any atom is 0.423 e. The summed E-state index contributed by atoms with van der Waals surface area (Å²) >= 11 is 0.787. The molecule has 3 N–H and O–H groups in total. The average molecular weight is 509 g/mol. The minimum atomic E-state index is -4.83. The fourth-order valence-electron chi connectivity index (χ4n) is 3.85. The molecule has 1 aliphatic rings. The minimum absolute atomic E-state index is 0.0296. The molecule has 1 aliphatic carbocycles. The van der Waals surface area contributed by atoms with Crippen LogP contribution in [0, 0.1) is 6.92 Å². The monoisotopic (exact) mass is 508 g/mol. The molecule has 1 fully saturated rings. The zero-order chi connectivity index (χ0) is 25.4. The van der Waals surface area contributed by atoms with Gasteiger partial charge in [-0.1, -0.05) is 6.07 Å². The molecular formula is C24H27F3N4O3S. The Balaban J connectivity index is 1.50. The molecule has 4 rings (SSSR count). The molecule has 1 atom stereocenters. The summed E-state index contributed by atoms with van der Waals surface area (Å²) in [7, 11) is 0. The summed E-state index contributed by atoms with van der Waals surface area (Å²) in [6, 6.07) is 7.11. The van der Waals surface area contributed by atoms with Crippen LogP contribution in [0.2, 0.25) is 0 Å². The molecule has 1 aromatic carbocycles. The molecular weight excluding hydrogens is 481 g/mol. The molecule has 0 spiro atoms. The number of thiazole rings is 1. The Kier molecular flexibility index (Phi) is 6.78. The molecule has 3 aromatic rings. The van der Waals surface area contributed by atoms with Gasteiger partial charge >= 0.3 is 6.18 Å². The van der Waals surface area contributed by atoms with Crippen LogP contribution < -0.4 is 10.1 Å². The fourth-order valence-corrected chi connectivity index (χ4v) is 4.82. The lowest BCUT2D eigenvalue weighted by molar-refractivity contribution is -0.258. The van der Waals surface area contributed by atoms with Crippen molar-refractivity contribution in [1.29, 1.82) is 0 Å². The van der Waals surface area contributed by atoms with E-state index in [2.05, 4.69) is 20.3 Å². The molecule has 11 heteroatoms. The van der Waals surface area contributed by atoms with Gasteiger partial charge in [0.25, 0.3) is 0 Å². The maximum atomic E-state index is 13.2. The SMILES string of the molecule is Cc1cc(Nc2nccc(OC3CCC(C)(O)CC3)n2)cc(-c2cnc(C(C)(O)C(F)(F)F)s2)c1. The number of nitrogens with one attached hydrogen (secondary N) is 1. The molecule has 2 heterocycles. The summed E-state index contributed by atoms with van der Waals surface area (Å²) in [5, 5.41) is 22.7. The number of aryl methyl sites for hydroxylation is 1. The van der Waals surface area contributed by atoms with Crippen LogP contribution in [-0.2, 0) is 5.60 Å². The highest BCUT2D eigenvalue weighted by molar-refractivity contribution is 7.15. The van der Waals surface area contributed by atoms with E-state index in [1.54, 1.807) is 18.3 Å². The third-order valence-electron chi connectivity index (χ3n) is 6.02. The second-order valence-electron chi connectivity index (χ2n) is 9.34. The minimum Gasteiger partial charge on any atom is -0.474 e. The van der Waals surface area contributed by atoms with Crippen molar-refractivity contribution in [1.82, 2.24) is 15.0 Å². The van der Waals surface area contributed by atoms with Crippen LogP contribution in [0.25, 0.3) is 10.4 Å². The van der Waals surface area contributed by atoms with Gasteiger partial charge in [-0.2, -0.15) is 18.2 Å². The van der Waals surface area contributed by atoms with Gasteiger partial charge in [0, 0.05) is 24.1 Å². The second-order valence-corrected chi connectivity index (χ2v) is 10.4. The fraction of sp³-hybridized carbons (Fsp3) is 0.458. The smallest absolute Gasteiger partial charge is 0.423 e. The summed E-state index contributed by atoms with van der Waals surface area (Å²) in [6.45, 7) is 4.39. The van der Waals surface area contributed by atoms with Crippen LogP contribution in [0.3, 0.4) is 0 Å². The highest BCUT2D eigenvalue weighted by Crippen LogP contribution is 2.42. The number of ether oxygens (including phenoxy) is 1. The van der Waals surface area contributed by atoms with Crippen molar-refractivity contribution in [3.63, 3.8) is 0 Å². The van der Waals surface area contributed by atoms with Gasteiger partial charge in [-0.15, -0.1) is 11.3 Å². The van der Waals surface area contributed by atoms with E-state index in [-0.39, 0.29) is 6.10 Å². The number of hydrogen-bond acceptors (Lipinski definition) is 8. The van der Waals surface area contributed by atoms with Gasteiger partial charge in [0.15, 0.2) is 0 Å². The van der Waals surface area contributed by atoms with Crippen molar-refractivity contribution in [2.75, 3.05) is 5.32 Å². The molecule has 7 nitrogen and oxygen atoms in total. The zero-order valence-corrected chi connectivity index (χ0v) is 20.4. The molecule has 1 saturated carbocycles. The van der Waals surface area contributed by atoms with E-state index in [1.165, 1.54) is 6.20 Å². The average Bonchev–Trinajstić information content (AvgIpc) is 3.26. The third kappa shape index (κ3) is 5.91. The van der Waals surface area contributed by atoms with Crippen molar-refractivity contribution in [3.05, 3.63) is 47.2 Å². The van der Waals surface area contributed by atoms with Crippen molar-refractivity contribution >= 4 is 23.0 Å². The number of anilines is 2. The standard InChI is InChI=1S/C24H27F3N4O3S/c1-14-10-15(18-13-29-20(35-18)23(3,33)24(25,26)27)12-16(11-14)30-21-28-9-6-19(31-21)34-17-4-7-22(2,32)8-5-17/h6,9-13,17,32-33H,4-5,7-8H2,1-3H3,(H,28,30,31). The van der Waals surface area contributed by atoms with Crippen LogP contribution in [0.4, 0.5) is 24.8 Å².